The molecule has 1 aromatic heterocycles. The van der Waals surface area contributed by atoms with Crippen LogP contribution < -0.4 is 0 Å². The lowest BCUT2D eigenvalue weighted by Crippen LogP contribution is -2.27. The molecule has 0 amide bonds. The minimum Gasteiger partial charge on any atom is -0.479 e. The Hall–Kier alpha value is -1.53. The molecule has 0 aliphatic rings. The number of hydrogen-bond acceptors (Lipinski definition) is 5. The zero-order valence-corrected chi connectivity index (χ0v) is 6.53. The summed E-state index contributed by atoms with van der Waals surface area (Å²) in [6.45, 7) is 0. The second-order valence-corrected chi connectivity index (χ2v) is 2.40. The van der Waals surface area contributed by atoms with Gasteiger partial charge in [-0.2, -0.15) is 0 Å². The molecule has 70 valence electrons. The summed E-state index contributed by atoms with van der Waals surface area (Å²) in [6, 6.07) is 0. The summed E-state index contributed by atoms with van der Waals surface area (Å²) in [5.74, 6) is -1.49. The minimum absolute atomic E-state index is 0.164. The molecule has 1 heterocycles. The van der Waals surface area contributed by atoms with Gasteiger partial charge in [0.25, 0.3) is 0 Å². The topological polar surface area (TPSA) is 104 Å². The molecule has 2 atom stereocenters. The Kier molecular flexibility index (Phi) is 2.88. The van der Waals surface area contributed by atoms with Crippen LogP contribution >= 0.6 is 0 Å². The van der Waals surface area contributed by atoms with Crippen molar-refractivity contribution in [2.75, 3.05) is 0 Å². The highest BCUT2D eigenvalue weighted by Gasteiger charge is 2.25. The molecule has 0 aliphatic heterocycles. The van der Waals surface area contributed by atoms with Gasteiger partial charge in [-0.15, -0.1) is 0 Å². The average Bonchev–Trinajstić information content (AvgIpc) is 2.17. The van der Waals surface area contributed by atoms with Gasteiger partial charge >= 0.3 is 5.97 Å². The van der Waals surface area contributed by atoms with Crippen molar-refractivity contribution < 1.29 is 20.1 Å². The molecule has 0 radical (unpaired) electrons. The van der Waals surface area contributed by atoms with Crippen molar-refractivity contribution in [1.82, 2.24) is 9.97 Å². The molecule has 1 aromatic rings. The van der Waals surface area contributed by atoms with E-state index in [2.05, 4.69) is 9.97 Å². The van der Waals surface area contributed by atoms with Crippen molar-refractivity contribution in [3.63, 3.8) is 0 Å². The number of carboxylic acid groups (broad SMARTS) is 1. The molecule has 0 saturated carbocycles. The molecule has 0 spiro atoms. The molecular weight excluding hydrogens is 176 g/mol. The molecule has 0 saturated heterocycles. The molecule has 0 aromatic carbocycles. The van der Waals surface area contributed by atoms with E-state index in [1.54, 1.807) is 0 Å². The number of carbonyl (C=O) groups is 1. The molecule has 13 heavy (non-hydrogen) atoms. The van der Waals surface area contributed by atoms with Gasteiger partial charge in [0.1, 0.15) is 12.4 Å². The van der Waals surface area contributed by atoms with Crippen molar-refractivity contribution in [3.8, 4) is 0 Å². The Morgan fingerprint density at radius 3 is 2.31 bits per heavy atom. The van der Waals surface area contributed by atoms with Crippen molar-refractivity contribution in [1.29, 1.82) is 0 Å². The summed E-state index contributed by atoms with van der Waals surface area (Å²) < 4.78 is 0. The van der Waals surface area contributed by atoms with Crippen LogP contribution in [0.2, 0.25) is 0 Å². The number of aromatic nitrogens is 2. The van der Waals surface area contributed by atoms with E-state index in [-0.39, 0.29) is 5.56 Å². The van der Waals surface area contributed by atoms with E-state index in [9.17, 15) is 9.90 Å². The van der Waals surface area contributed by atoms with Crippen LogP contribution in [0.5, 0.6) is 0 Å². The van der Waals surface area contributed by atoms with Crippen LogP contribution in [0.25, 0.3) is 0 Å². The third-order valence-corrected chi connectivity index (χ3v) is 1.47. The first-order valence-electron chi connectivity index (χ1n) is 3.46. The Bertz CT molecular complexity index is 290. The van der Waals surface area contributed by atoms with Gasteiger partial charge in [-0.25, -0.2) is 14.8 Å². The molecule has 0 aliphatic carbocycles. The number of hydrogen-bond donors (Lipinski definition) is 3. The van der Waals surface area contributed by atoms with Gasteiger partial charge in [0.2, 0.25) is 0 Å². The van der Waals surface area contributed by atoms with Crippen LogP contribution in [-0.2, 0) is 4.79 Å². The number of aliphatic carboxylic acids is 1. The normalized spacial score (nSPS) is 14.9. The second-order valence-electron chi connectivity index (χ2n) is 2.40. The fourth-order valence-corrected chi connectivity index (χ4v) is 0.781. The summed E-state index contributed by atoms with van der Waals surface area (Å²) in [5, 5.41) is 26.6. The van der Waals surface area contributed by atoms with Crippen molar-refractivity contribution in [2.45, 2.75) is 12.2 Å². The lowest BCUT2D eigenvalue weighted by molar-refractivity contribution is -0.153. The van der Waals surface area contributed by atoms with Gasteiger partial charge in [-0.1, -0.05) is 0 Å². The first-order chi connectivity index (χ1) is 6.13. The Labute approximate surface area is 73.5 Å². The maximum atomic E-state index is 10.3. The molecule has 6 nitrogen and oxygen atoms in total. The highest BCUT2D eigenvalue weighted by atomic mass is 16.4. The highest BCUT2D eigenvalue weighted by Crippen LogP contribution is 2.14. The molecule has 6 heteroatoms. The van der Waals surface area contributed by atoms with Crippen LogP contribution in [0.4, 0.5) is 0 Å². The third-order valence-electron chi connectivity index (χ3n) is 1.47. The fourth-order valence-electron chi connectivity index (χ4n) is 0.781. The summed E-state index contributed by atoms with van der Waals surface area (Å²) in [5.41, 5.74) is 0.164. The monoisotopic (exact) mass is 184 g/mol. The van der Waals surface area contributed by atoms with Gasteiger partial charge < -0.3 is 15.3 Å². The van der Waals surface area contributed by atoms with Crippen LogP contribution in [0.15, 0.2) is 18.7 Å². The predicted molar refractivity (Wildman–Crippen MR) is 40.6 cm³/mol. The van der Waals surface area contributed by atoms with Gasteiger partial charge in [0.05, 0.1) is 0 Å². The summed E-state index contributed by atoms with van der Waals surface area (Å²) in [7, 11) is 0. The number of aliphatic hydroxyl groups excluding tert-OH is 2. The lowest BCUT2D eigenvalue weighted by atomic mass is 10.1. The van der Waals surface area contributed by atoms with Crippen molar-refractivity contribution in [2.24, 2.45) is 0 Å². The number of carboxylic acids is 1. The molecule has 3 N–H and O–H groups in total. The number of aliphatic hydroxyl groups is 2. The van der Waals surface area contributed by atoms with Crippen LogP contribution in [-0.4, -0.2) is 37.4 Å². The molecule has 1 rings (SSSR count). The lowest BCUT2D eigenvalue weighted by Gasteiger charge is -2.12. The maximum Gasteiger partial charge on any atom is 0.335 e. The third kappa shape index (κ3) is 2.20. The largest absolute Gasteiger partial charge is 0.479 e. The Morgan fingerprint density at radius 1 is 1.31 bits per heavy atom. The zero-order chi connectivity index (χ0) is 9.84. The summed E-state index contributed by atoms with van der Waals surface area (Å²) in [6.07, 6.45) is 0.363. The van der Waals surface area contributed by atoms with Crippen LogP contribution in [0, 0.1) is 0 Å². The van der Waals surface area contributed by atoms with E-state index in [0.29, 0.717) is 0 Å². The predicted octanol–water partition coefficient (Wildman–Crippen LogP) is -1.04. The summed E-state index contributed by atoms with van der Waals surface area (Å²) in [4.78, 5) is 17.4. The van der Waals surface area contributed by atoms with Gasteiger partial charge in [-0.05, 0) is 0 Å². The van der Waals surface area contributed by atoms with E-state index >= 15 is 0 Å². The highest BCUT2D eigenvalue weighted by molar-refractivity contribution is 5.72. The molecular formula is C7H8N2O4. The first-order valence-corrected chi connectivity index (χ1v) is 3.46. The van der Waals surface area contributed by atoms with E-state index in [4.69, 9.17) is 10.2 Å². The van der Waals surface area contributed by atoms with E-state index in [1.807, 2.05) is 0 Å². The van der Waals surface area contributed by atoms with Crippen molar-refractivity contribution in [3.05, 3.63) is 24.3 Å². The van der Waals surface area contributed by atoms with Crippen LogP contribution in [0.3, 0.4) is 0 Å². The van der Waals surface area contributed by atoms with E-state index in [0.717, 1.165) is 0 Å². The molecule has 2 unspecified atom stereocenters. The molecule has 0 fully saturated rings. The average molecular weight is 184 g/mol. The fraction of sp³-hybridized carbons (Fsp3) is 0.286. The number of rotatable bonds is 3. The number of nitrogens with zero attached hydrogens (tertiary/aromatic N) is 2. The van der Waals surface area contributed by atoms with Crippen molar-refractivity contribution >= 4 is 5.97 Å². The maximum absolute atomic E-state index is 10.3. The smallest absolute Gasteiger partial charge is 0.335 e. The zero-order valence-electron chi connectivity index (χ0n) is 6.53. The second kappa shape index (κ2) is 3.92. The quantitative estimate of drug-likeness (QED) is 0.554. The molecule has 0 bridgehead atoms. The van der Waals surface area contributed by atoms with Gasteiger partial charge in [0.15, 0.2) is 6.10 Å². The standard InChI is InChI=1S/C7H8N2O4/c10-5(6(11)7(12)13)4-1-8-3-9-2-4/h1-3,5-6,10-11H,(H,12,13). The first kappa shape index (κ1) is 9.56. The van der Waals surface area contributed by atoms with Gasteiger partial charge in [0, 0.05) is 18.0 Å². The SMILES string of the molecule is O=C(O)C(O)C(O)c1cncnc1. The van der Waals surface area contributed by atoms with Gasteiger partial charge in [-0.3, -0.25) is 0 Å². The van der Waals surface area contributed by atoms with E-state index < -0.39 is 18.2 Å². The summed E-state index contributed by atoms with van der Waals surface area (Å²) >= 11 is 0. The Morgan fingerprint density at radius 2 is 1.85 bits per heavy atom. The van der Waals surface area contributed by atoms with E-state index in [1.165, 1.54) is 18.7 Å². The minimum atomic E-state index is -1.86. The van der Waals surface area contributed by atoms with Crippen LogP contribution in [0.1, 0.15) is 11.7 Å². The Balaban J connectivity index is 2.79.